The quantitative estimate of drug-likeness (QED) is 0.817. The molecule has 0 bridgehead atoms. The molecule has 0 radical (unpaired) electrons. The van der Waals surface area contributed by atoms with Crippen LogP contribution < -0.4 is 5.32 Å². The van der Waals surface area contributed by atoms with Crippen LogP contribution in [0.15, 0.2) is 40.6 Å². The highest BCUT2D eigenvalue weighted by Crippen LogP contribution is 2.24. The van der Waals surface area contributed by atoms with Gasteiger partial charge in [-0.3, -0.25) is 4.79 Å². The number of benzene rings is 1. The van der Waals surface area contributed by atoms with E-state index >= 15 is 0 Å². The van der Waals surface area contributed by atoms with E-state index in [1.54, 1.807) is 18.2 Å². The second-order valence-corrected chi connectivity index (χ2v) is 9.02. The third kappa shape index (κ3) is 4.43. The second kappa shape index (κ2) is 7.92. The largest absolute Gasteiger partial charge is 0.325 e. The van der Waals surface area contributed by atoms with Crippen LogP contribution in [0.5, 0.6) is 0 Å². The molecule has 130 valence electrons. The molecule has 0 aliphatic rings. The smallest absolute Gasteiger partial charge is 0.253 e. The molecule has 0 aliphatic heterocycles. The number of carbonyl (C=O) groups is 1. The van der Waals surface area contributed by atoms with Crippen LogP contribution in [0, 0.1) is 13.8 Å². The lowest BCUT2D eigenvalue weighted by Gasteiger charge is -2.20. The highest BCUT2D eigenvalue weighted by molar-refractivity contribution is 7.91. The average molecular weight is 367 g/mol. The molecule has 0 fully saturated rings. The number of sulfonamides is 1. The summed E-state index contributed by atoms with van der Waals surface area (Å²) in [6, 6.07) is 10.8. The van der Waals surface area contributed by atoms with Crippen molar-refractivity contribution in [1.29, 1.82) is 0 Å². The Kier molecular flexibility index (Phi) is 6.15. The Hall–Kier alpha value is -1.70. The molecule has 0 aliphatic carbocycles. The Balaban J connectivity index is 2.16. The van der Waals surface area contributed by atoms with Gasteiger partial charge < -0.3 is 5.32 Å². The molecule has 5 nitrogen and oxygen atoms in total. The molecule has 7 heteroatoms. The van der Waals surface area contributed by atoms with E-state index in [-0.39, 0.29) is 16.7 Å². The van der Waals surface area contributed by atoms with Crippen LogP contribution in [0.3, 0.4) is 0 Å². The molecule has 0 spiro atoms. The molecule has 1 heterocycles. The number of para-hydroxylation sites is 1. The number of anilines is 1. The summed E-state index contributed by atoms with van der Waals surface area (Å²) >= 11 is 1.22. The van der Waals surface area contributed by atoms with Gasteiger partial charge in [-0.1, -0.05) is 25.1 Å². The van der Waals surface area contributed by atoms with Crippen LogP contribution in [-0.4, -0.2) is 31.7 Å². The first-order valence-electron chi connectivity index (χ1n) is 7.76. The number of nitrogens with zero attached hydrogens (tertiary/aromatic N) is 1. The van der Waals surface area contributed by atoms with Crippen LogP contribution in [0.4, 0.5) is 5.69 Å². The summed E-state index contributed by atoms with van der Waals surface area (Å²) in [6.45, 7) is 5.76. The van der Waals surface area contributed by atoms with Crippen molar-refractivity contribution in [2.24, 2.45) is 0 Å². The molecule has 1 aromatic carbocycles. The van der Waals surface area contributed by atoms with E-state index in [0.717, 1.165) is 10.4 Å². The summed E-state index contributed by atoms with van der Waals surface area (Å²) in [4.78, 5) is 13.2. The maximum atomic E-state index is 12.7. The first-order valence-corrected chi connectivity index (χ1v) is 10.0. The van der Waals surface area contributed by atoms with Crippen molar-refractivity contribution >= 4 is 33.0 Å². The topological polar surface area (TPSA) is 66.5 Å². The Morgan fingerprint density at radius 3 is 2.46 bits per heavy atom. The minimum absolute atomic E-state index is 0.193. The lowest BCUT2D eigenvalue weighted by Crippen LogP contribution is -2.38. The van der Waals surface area contributed by atoms with Gasteiger partial charge >= 0.3 is 0 Å². The summed E-state index contributed by atoms with van der Waals surface area (Å²) in [5.74, 6) is -0.338. The van der Waals surface area contributed by atoms with Gasteiger partial charge in [-0.2, -0.15) is 4.31 Å². The van der Waals surface area contributed by atoms with Crippen molar-refractivity contribution in [2.75, 3.05) is 18.4 Å². The summed E-state index contributed by atoms with van der Waals surface area (Å²) in [5.41, 5.74) is 1.63. The van der Waals surface area contributed by atoms with Crippen LogP contribution >= 0.6 is 11.3 Å². The molecule has 0 saturated heterocycles. The Morgan fingerprint density at radius 1 is 1.17 bits per heavy atom. The third-order valence-electron chi connectivity index (χ3n) is 3.52. The van der Waals surface area contributed by atoms with Crippen molar-refractivity contribution in [1.82, 2.24) is 4.31 Å². The summed E-state index contributed by atoms with van der Waals surface area (Å²) < 4.78 is 27.0. The lowest BCUT2D eigenvalue weighted by atomic mass is 10.2. The highest BCUT2D eigenvalue weighted by Gasteiger charge is 2.27. The molecule has 0 saturated carbocycles. The summed E-state index contributed by atoms with van der Waals surface area (Å²) in [5, 5.41) is 2.79. The van der Waals surface area contributed by atoms with Gasteiger partial charge in [-0.15, -0.1) is 11.3 Å². The van der Waals surface area contributed by atoms with Crippen molar-refractivity contribution in [3.05, 3.63) is 46.8 Å². The molecular weight excluding hydrogens is 344 g/mol. The van der Waals surface area contributed by atoms with E-state index in [0.29, 0.717) is 18.7 Å². The molecule has 2 aromatic rings. The van der Waals surface area contributed by atoms with Gasteiger partial charge in [-0.05, 0) is 44.0 Å². The maximum absolute atomic E-state index is 12.7. The van der Waals surface area contributed by atoms with E-state index in [4.69, 9.17) is 0 Å². The number of hydrogen-bond donors (Lipinski definition) is 1. The highest BCUT2D eigenvalue weighted by atomic mass is 32.2. The molecule has 0 unspecified atom stereocenters. The van der Waals surface area contributed by atoms with Gasteiger partial charge in [0.05, 0.1) is 6.54 Å². The predicted molar refractivity (Wildman–Crippen MR) is 97.9 cm³/mol. The monoisotopic (exact) mass is 366 g/mol. The molecule has 2 rings (SSSR count). The fourth-order valence-electron chi connectivity index (χ4n) is 2.27. The van der Waals surface area contributed by atoms with Crippen LogP contribution in [0.1, 0.15) is 23.8 Å². The molecule has 1 N–H and O–H groups in total. The zero-order valence-corrected chi connectivity index (χ0v) is 15.7. The molecule has 1 amide bonds. The summed E-state index contributed by atoms with van der Waals surface area (Å²) in [7, 11) is -3.65. The van der Waals surface area contributed by atoms with Gasteiger partial charge in [0.2, 0.25) is 5.91 Å². The number of rotatable bonds is 7. The van der Waals surface area contributed by atoms with Crippen molar-refractivity contribution in [2.45, 2.75) is 31.4 Å². The molecular formula is C17H22N2O3S2. The van der Waals surface area contributed by atoms with Gasteiger partial charge in [0, 0.05) is 17.1 Å². The Labute approximate surface area is 147 Å². The van der Waals surface area contributed by atoms with Gasteiger partial charge in [0.1, 0.15) is 4.21 Å². The number of carbonyl (C=O) groups excluding carboxylic acids is 1. The SMILES string of the molecule is CCCN(CC(=O)Nc1ccccc1C)S(=O)(=O)c1ccc(C)s1. The van der Waals surface area contributed by atoms with Crippen molar-refractivity contribution in [3.8, 4) is 0 Å². The van der Waals surface area contributed by atoms with Crippen molar-refractivity contribution < 1.29 is 13.2 Å². The zero-order valence-electron chi connectivity index (χ0n) is 14.1. The van der Waals surface area contributed by atoms with E-state index < -0.39 is 10.0 Å². The van der Waals surface area contributed by atoms with Gasteiger partial charge in [0.25, 0.3) is 10.0 Å². The first kappa shape index (κ1) is 18.6. The Bertz CT molecular complexity index is 813. The maximum Gasteiger partial charge on any atom is 0.253 e. The standard InChI is InChI=1S/C17H22N2O3S2/c1-4-11-19(24(21,22)17-10-9-14(3)23-17)12-16(20)18-15-8-6-5-7-13(15)2/h5-10H,4,11-12H2,1-3H3,(H,18,20). The molecule has 1 aromatic heterocycles. The average Bonchev–Trinajstić information content (AvgIpc) is 2.96. The van der Waals surface area contributed by atoms with E-state index in [1.807, 2.05) is 39.0 Å². The zero-order chi connectivity index (χ0) is 17.7. The number of nitrogens with one attached hydrogen (secondary N) is 1. The van der Waals surface area contributed by atoms with Crippen LogP contribution in [0.25, 0.3) is 0 Å². The fourth-order valence-corrected chi connectivity index (χ4v) is 5.20. The van der Waals surface area contributed by atoms with E-state index in [9.17, 15) is 13.2 Å². The molecule has 0 atom stereocenters. The van der Waals surface area contributed by atoms with Crippen LogP contribution in [-0.2, 0) is 14.8 Å². The van der Waals surface area contributed by atoms with Gasteiger partial charge in [0.15, 0.2) is 0 Å². The second-order valence-electron chi connectivity index (χ2n) is 5.57. The van der Waals surface area contributed by atoms with Crippen molar-refractivity contribution in [3.63, 3.8) is 0 Å². The number of aryl methyl sites for hydroxylation is 2. The number of thiophene rings is 1. The minimum atomic E-state index is -3.65. The third-order valence-corrected chi connectivity index (χ3v) is 6.84. The number of amides is 1. The van der Waals surface area contributed by atoms with Gasteiger partial charge in [-0.25, -0.2) is 8.42 Å². The lowest BCUT2D eigenvalue weighted by molar-refractivity contribution is -0.116. The summed E-state index contributed by atoms with van der Waals surface area (Å²) in [6.07, 6.45) is 0.640. The first-order chi connectivity index (χ1) is 11.3. The van der Waals surface area contributed by atoms with E-state index in [2.05, 4.69) is 5.32 Å². The fraction of sp³-hybridized carbons (Fsp3) is 0.353. The normalized spacial score (nSPS) is 11.7. The Morgan fingerprint density at radius 2 is 1.88 bits per heavy atom. The molecule has 24 heavy (non-hydrogen) atoms. The predicted octanol–water partition coefficient (Wildman–Crippen LogP) is 3.40. The number of hydrogen-bond acceptors (Lipinski definition) is 4. The van der Waals surface area contributed by atoms with E-state index in [1.165, 1.54) is 15.6 Å². The minimum Gasteiger partial charge on any atom is -0.325 e. The van der Waals surface area contributed by atoms with Crippen LogP contribution in [0.2, 0.25) is 0 Å².